The summed E-state index contributed by atoms with van der Waals surface area (Å²) in [6.45, 7) is 2.90. The standard InChI is InChI=1S/C22H26N4O2/c27-21(24-19-15-17-5-1-2-6-18(17)16-19)8-9-22(28)26-13-11-25(12-14-26)20-7-3-4-10-23-20/h1-7,10,19H,8-9,11-16H2,(H,24,27). The molecule has 6 heteroatoms. The number of anilines is 1. The molecule has 1 N–H and O–H groups in total. The Labute approximate surface area is 165 Å². The lowest BCUT2D eigenvalue weighted by Gasteiger charge is -2.35. The third kappa shape index (κ3) is 4.32. The van der Waals surface area contributed by atoms with Crippen molar-refractivity contribution >= 4 is 17.6 Å². The van der Waals surface area contributed by atoms with Crippen LogP contribution in [0.5, 0.6) is 0 Å². The fourth-order valence-electron chi connectivity index (χ4n) is 4.07. The Kier molecular flexibility index (Phi) is 5.55. The molecule has 0 unspecified atom stereocenters. The molecule has 1 aromatic heterocycles. The second-order valence-electron chi connectivity index (χ2n) is 7.50. The highest BCUT2D eigenvalue weighted by Gasteiger charge is 2.24. The number of piperazine rings is 1. The van der Waals surface area contributed by atoms with Crippen molar-refractivity contribution in [1.82, 2.24) is 15.2 Å². The topological polar surface area (TPSA) is 65.5 Å². The first kappa shape index (κ1) is 18.5. The van der Waals surface area contributed by atoms with Crippen LogP contribution in [0.1, 0.15) is 24.0 Å². The number of rotatable bonds is 5. The molecular formula is C22H26N4O2. The molecule has 1 saturated heterocycles. The zero-order valence-electron chi connectivity index (χ0n) is 16.0. The van der Waals surface area contributed by atoms with E-state index in [0.29, 0.717) is 13.1 Å². The van der Waals surface area contributed by atoms with Gasteiger partial charge in [0.15, 0.2) is 0 Å². The van der Waals surface area contributed by atoms with Gasteiger partial charge in [-0.3, -0.25) is 9.59 Å². The van der Waals surface area contributed by atoms with Gasteiger partial charge in [0.05, 0.1) is 0 Å². The molecule has 2 amide bonds. The maximum Gasteiger partial charge on any atom is 0.223 e. The van der Waals surface area contributed by atoms with E-state index in [1.54, 1.807) is 6.20 Å². The summed E-state index contributed by atoms with van der Waals surface area (Å²) in [7, 11) is 0. The van der Waals surface area contributed by atoms with E-state index in [1.165, 1.54) is 11.1 Å². The highest BCUT2D eigenvalue weighted by molar-refractivity contribution is 5.84. The molecule has 1 fully saturated rings. The quantitative estimate of drug-likeness (QED) is 0.862. The molecule has 0 spiro atoms. The molecule has 0 bridgehead atoms. The summed E-state index contributed by atoms with van der Waals surface area (Å²) in [5.41, 5.74) is 2.63. The number of carbonyl (C=O) groups excluding carboxylic acids is 2. The van der Waals surface area contributed by atoms with Crippen molar-refractivity contribution in [2.24, 2.45) is 0 Å². The lowest BCUT2D eigenvalue weighted by atomic mass is 10.1. The average molecular weight is 378 g/mol. The van der Waals surface area contributed by atoms with Gasteiger partial charge >= 0.3 is 0 Å². The van der Waals surface area contributed by atoms with Crippen molar-refractivity contribution in [1.29, 1.82) is 0 Å². The van der Waals surface area contributed by atoms with E-state index >= 15 is 0 Å². The molecule has 1 aromatic carbocycles. The van der Waals surface area contributed by atoms with Crippen LogP contribution in [0.4, 0.5) is 5.82 Å². The van der Waals surface area contributed by atoms with Crippen LogP contribution in [-0.4, -0.2) is 53.9 Å². The lowest BCUT2D eigenvalue weighted by molar-refractivity contribution is -0.134. The summed E-state index contributed by atoms with van der Waals surface area (Å²) in [5, 5.41) is 3.09. The molecule has 6 nitrogen and oxygen atoms in total. The molecule has 0 radical (unpaired) electrons. The minimum Gasteiger partial charge on any atom is -0.353 e. The van der Waals surface area contributed by atoms with Crippen molar-refractivity contribution in [2.75, 3.05) is 31.1 Å². The van der Waals surface area contributed by atoms with Gasteiger partial charge in [-0.15, -0.1) is 0 Å². The Balaban J connectivity index is 1.18. The van der Waals surface area contributed by atoms with Crippen molar-refractivity contribution in [2.45, 2.75) is 31.7 Å². The molecule has 2 aromatic rings. The van der Waals surface area contributed by atoms with Crippen LogP contribution in [-0.2, 0) is 22.4 Å². The van der Waals surface area contributed by atoms with Crippen LogP contribution in [0.2, 0.25) is 0 Å². The van der Waals surface area contributed by atoms with E-state index in [4.69, 9.17) is 0 Å². The van der Waals surface area contributed by atoms with E-state index in [9.17, 15) is 9.59 Å². The van der Waals surface area contributed by atoms with Crippen molar-refractivity contribution in [3.8, 4) is 0 Å². The lowest BCUT2D eigenvalue weighted by Crippen LogP contribution is -2.49. The summed E-state index contributed by atoms with van der Waals surface area (Å²) >= 11 is 0. The Bertz CT molecular complexity index is 806. The normalized spacial score (nSPS) is 16.7. The molecule has 146 valence electrons. The van der Waals surface area contributed by atoms with Gasteiger partial charge in [-0.2, -0.15) is 0 Å². The summed E-state index contributed by atoms with van der Waals surface area (Å²) < 4.78 is 0. The number of nitrogens with zero attached hydrogens (tertiary/aromatic N) is 3. The summed E-state index contributed by atoms with van der Waals surface area (Å²) in [6, 6.07) is 14.3. The van der Waals surface area contributed by atoms with Crippen LogP contribution >= 0.6 is 0 Å². The first-order valence-corrected chi connectivity index (χ1v) is 9.99. The Hall–Kier alpha value is -2.89. The Morgan fingerprint density at radius 2 is 1.61 bits per heavy atom. The third-order valence-electron chi connectivity index (χ3n) is 5.59. The van der Waals surface area contributed by atoms with Gasteiger partial charge in [-0.05, 0) is 36.1 Å². The zero-order valence-corrected chi connectivity index (χ0v) is 16.0. The minimum absolute atomic E-state index is 0.0294. The van der Waals surface area contributed by atoms with Crippen LogP contribution in [0, 0.1) is 0 Å². The summed E-state index contributed by atoms with van der Waals surface area (Å²) in [6.07, 6.45) is 4.08. The molecule has 0 atom stereocenters. The second-order valence-corrected chi connectivity index (χ2v) is 7.50. The van der Waals surface area contributed by atoms with E-state index < -0.39 is 0 Å². The number of pyridine rings is 1. The van der Waals surface area contributed by atoms with Crippen LogP contribution in [0.3, 0.4) is 0 Å². The highest BCUT2D eigenvalue weighted by atomic mass is 16.2. The van der Waals surface area contributed by atoms with E-state index in [-0.39, 0.29) is 30.7 Å². The minimum atomic E-state index is -0.0294. The number of hydrogen-bond acceptors (Lipinski definition) is 4. The predicted octanol–water partition coefficient (Wildman–Crippen LogP) is 1.79. The summed E-state index contributed by atoms with van der Waals surface area (Å²) in [4.78, 5) is 33.2. The van der Waals surface area contributed by atoms with Gasteiger partial charge in [0.25, 0.3) is 0 Å². The maximum atomic E-state index is 12.5. The predicted molar refractivity (Wildman–Crippen MR) is 108 cm³/mol. The number of aromatic nitrogens is 1. The number of carbonyl (C=O) groups is 2. The number of benzene rings is 1. The fraction of sp³-hybridized carbons (Fsp3) is 0.409. The second kappa shape index (κ2) is 8.42. The van der Waals surface area contributed by atoms with Gasteiger partial charge in [-0.25, -0.2) is 4.98 Å². The average Bonchev–Trinajstić information content (AvgIpc) is 3.15. The number of hydrogen-bond donors (Lipinski definition) is 1. The number of fused-ring (bicyclic) bond motifs is 1. The van der Waals surface area contributed by atoms with Crippen LogP contribution in [0.15, 0.2) is 48.7 Å². The van der Waals surface area contributed by atoms with Crippen molar-refractivity contribution in [3.63, 3.8) is 0 Å². The SMILES string of the molecule is O=C(CCC(=O)N1CCN(c2ccccn2)CC1)NC1Cc2ccccc2C1. The van der Waals surface area contributed by atoms with Gasteiger partial charge < -0.3 is 15.1 Å². The molecule has 2 aliphatic rings. The van der Waals surface area contributed by atoms with Gasteiger partial charge in [-0.1, -0.05) is 30.3 Å². The number of nitrogens with one attached hydrogen (secondary N) is 1. The molecule has 1 aliphatic heterocycles. The largest absolute Gasteiger partial charge is 0.353 e. The zero-order chi connectivity index (χ0) is 19.3. The molecule has 1 aliphatic carbocycles. The van der Waals surface area contributed by atoms with Gasteiger partial charge in [0, 0.05) is 51.3 Å². The maximum absolute atomic E-state index is 12.5. The van der Waals surface area contributed by atoms with Gasteiger partial charge in [0.1, 0.15) is 5.82 Å². The monoisotopic (exact) mass is 378 g/mol. The highest BCUT2D eigenvalue weighted by Crippen LogP contribution is 2.21. The molecular weight excluding hydrogens is 352 g/mol. The smallest absolute Gasteiger partial charge is 0.223 e. The van der Waals surface area contributed by atoms with E-state index in [2.05, 4.69) is 27.3 Å². The Morgan fingerprint density at radius 1 is 0.929 bits per heavy atom. The third-order valence-corrected chi connectivity index (χ3v) is 5.59. The fourth-order valence-corrected chi connectivity index (χ4v) is 4.07. The first-order valence-electron chi connectivity index (χ1n) is 9.99. The molecule has 28 heavy (non-hydrogen) atoms. The van der Waals surface area contributed by atoms with E-state index in [1.807, 2.05) is 35.2 Å². The Morgan fingerprint density at radius 3 is 2.25 bits per heavy atom. The van der Waals surface area contributed by atoms with Gasteiger partial charge in [0.2, 0.25) is 11.8 Å². The van der Waals surface area contributed by atoms with Crippen LogP contribution in [0.25, 0.3) is 0 Å². The first-order chi connectivity index (χ1) is 13.7. The molecule has 0 saturated carbocycles. The molecule has 4 rings (SSSR count). The summed E-state index contributed by atoms with van der Waals surface area (Å²) in [5.74, 6) is 0.982. The molecule has 2 heterocycles. The van der Waals surface area contributed by atoms with Crippen molar-refractivity contribution < 1.29 is 9.59 Å². The van der Waals surface area contributed by atoms with E-state index in [0.717, 1.165) is 31.7 Å². The van der Waals surface area contributed by atoms with Crippen molar-refractivity contribution in [3.05, 3.63) is 59.8 Å². The van der Waals surface area contributed by atoms with Crippen LogP contribution < -0.4 is 10.2 Å². The number of amides is 2.